The van der Waals surface area contributed by atoms with Crippen LogP contribution in [0.3, 0.4) is 0 Å². The first kappa shape index (κ1) is 26.2. The number of piperazine rings is 1. The molecule has 0 saturated carbocycles. The van der Waals surface area contributed by atoms with E-state index in [1.54, 1.807) is 49.6 Å². The zero-order valence-corrected chi connectivity index (χ0v) is 21.9. The van der Waals surface area contributed by atoms with Gasteiger partial charge in [-0.25, -0.2) is 0 Å². The number of carbonyl (C=O) groups excluding carboxylic acids is 2. The number of hydrogen-bond donors (Lipinski definition) is 2. The highest BCUT2D eigenvalue weighted by Crippen LogP contribution is 2.21. The van der Waals surface area contributed by atoms with E-state index < -0.39 is 0 Å². The zero-order chi connectivity index (χ0) is 26.2. The molecule has 0 aromatic heterocycles. The molecule has 2 amide bonds. The fraction of sp³-hybridized carbons (Fsp3) is 0.179. The summed E-state index contributed by atoms with van der Waals surface area (Å²) >= 11 is 11.1. The Balaban J connectivity index is 1.24. The molecule has 1 heterocycles. The van der Waals surface area contributed by atoms with Gasteiger partial charge in [0.1, 0.15) is 5.75 Å². The normalized spacial score (nSPS) is 13.4. The maximum Gasteiger partial charge on any atom is 0.253 e. The van der Waals surface area contributed by atoms with Crippen molar-refractivity contribution in [2.75, 3.05) is 43.5 Å². The van der Waals surface area contributed by atoms with Crippen molar-refractivity contribution in [1.29, 1.82) is 0 Å². The molecule has 1 aliphatic heterocycles. The summed E-state index contributed by atoms with van der Waals surface area (Å²) in [6, 6.07) is 22.2. The predicted octanol–water partition coefficient (Wildman–Crippen LogP) is 4.84. The number of nitrogens with zero attached hydrogens (tertiary/aromatic N) is 2. The molecule has 7 nitrogen and oxygen atoms in total. The molecule has 0 aliphatic carbocycles. The largest absolute Gasteiger partial charge is 0.497 e. The zero-order valence-electron chi connectivity index (χ0n) is 20.3. The fourth-order valence-electron chi connectivity index (χ4n) is 3.90. The molecule has 1 aliphatic rings. The first-order valence-corrected chi connectivity index (χ1v) is 12.5. The maximum atomic E-state index is 12.8. The Morgan fingerprint density at radius 1 is 0.919 bits per heavy atom. The molecule has 4 rings (SSSR count). The second-order valence-electron chi connectivity index (χ2n) is 8.38. The SMILES string of the molecule is COc1ccc(C(=O)N2CCN(c3ccc(NC(=S)NC(=O)/C=C/c4ccc(Cl)cc4)cc3)CC2)cc1. The molecule has 0 spiro atoms. The third-order valence-electron chi connectivity index (χ3n) is 5.93. The van der Waals surface area contributed by atoms with Crippen LogP contribution in [-0.4, -0.2) is 55.1 Å². The van der Waals surface area contributed by atoms with Crippen molar-refractivity contribution in [1.82, 2.24) is 10.2 Å². The molecule has 0 atom stereocenters. The number of halogens is 1. The highest BCUT2D eigenvalue weighted by Gasteiger charge is 2.22. The molecule has 0 unspecified atom stereocenters. The number of rotatable bonds is 6. The lowest BCUT2D eigenvalue weighted by Gasteiger charge is -2.36. The van der Waals surface area contributed by atoms with Gasteiger partial charge >= 0.3 is 0 Å². The van der Waals surface area contributed by atoms with Gasteiger partial charge in [0.05, 0.1) is 7.11 Å². The lowest BCUT2D eigenvalue weighted by atomic mass is 10.1. The second-order valence-corrected chi connectivity index (χ2v) is 9.23. The summed E-state index contributed by atoms with van der Waals surface area (Å²) in [6.07, 6.45) is 3.10. The number of anilines is 2. The third-order valence-corrected chi connectivity index (χ3v) is 6.38. The topological polar surface area (TPSA) is 73.9 Å². The molecule has 2 N–H and O–H groups in total. The van der Waals surface area contributed by atoms with Gasteiger partial charge < -0.3 is 19.9 Å². The quantitative estimate of drug-likeness (QED) is 0.348. The summed E-state index contributed by atoms with van der Waals surface area (Å²) in [5, 5.41) is 6.51. The van der Waals surface area contributed by atoms with E-state index in [4.69, 9.17) is 28.6 Å². The molecule has 9 heteroatoms. The van der Waals surface area contributed by atoms with Gasteiger partial charge in [0, 0.05) is 54.2 Å². The van der Waals surface area contributed by atoms with Crippen LogP contribution in [0.5, 0.6) is 5.75 Å². The molecule has 190 valence electrons. The van der Waals surface area contributed by atoms with Gasteiger partial charge in [0.15, 0.2) is 5.11 Å². The Morgan fingerprint density at radius 2 is 1.57 bits per heavy atom. The summed E-state index contributed by atoms with van der Waals surface area (Å²) in [5.41, 5.74) is 3.35. The van der Waals surface area contributed by atoms with Crippen LogP contribution in [0.15, 0.2) is 78.9 Å². The number of thiocarbonyl (C=S) groups is 1. The number of ether oxygens (including phenoxy) is 1. The van der Waals surface area contributed by atoms with E-state index in [0.717, 1.165) is 35.8 Å². The van der Waals surface area contributed by atoms with Gasteiger partial charge in [-0.05, 0) is 84.5 Å². The van der Waals surface area contributed by atoms with Crippen LogP contribution < -0.4 is 20.3 Å². The second kappa shape index (κ2) is 12.4. The highest BCUT2D eigenvalue weighted by molar-refractivity contribution is 7.80. The van der Waals surface area contributed by atoms with Crippen LogP contribution in [0.4, 0.5) is 11.4 Å². The molecule has 0 radical (unpaired) electrons. The Kier molecular flexibility index (Phi) is 8.77. The number of benzene rings is 3. The highest BCUT2D eigenvalue weighted by atomic mass is 35.5. The minimum absolute atomic E-state index is 0.0282. The Labute approximate surface area is 226 Å². The first-order valence-electron chi connectivity index (χ1n) is 11.8. The monoisotopic (exact) mass is 534 g/mol. The third kappa shape index (κ3) is 7.31. The minimum Gasteiger partial charge on any atom is -0.497 e. The summed E-state index contributed by atoms with van der Waals surface area (Å²) in [4.78, 5) is 29.1. The van der Waals surface area contributed by atoms with E-state index in [-0.39, 0.29) is 16.9 Å². The molecular weight excluding hydrogens is 508 g/mol. The van der Waals surface area contributed by atoms with Gasteiger partial charge in [-0.1, -0.05) is 23.7 Å². The maximum absolute atomic E-state index is 12.8. The number of carbonyl (C=O) groups is 2. The van der Waals surface area contributed by atoms with E-state index in [1.165, 1.54) is 6.08 Å². The standard InChI is InChI=1S/C28H27ClN4O3S/c1-36-25-13-5-21(6-14-25)27(35)33-18-16-32(17-19-33)24-11-9-23(10-12-24)30-28(37)31-26(34)15-4-20-2-7-22(29)8-3-20/h2-15H,16-19H2,1H3,(H2,30,31,34,37)/b15-4+. The van der Waals surface area contributed by atoms with E-state index in [0.29, 0.717) is 23.7 Å². The van der Waals surface area contributed by atoms with Crippen LogP contribution >= 0.6 is 23.8 Å². The smallest absolute Gasteiger partial charge is 0.253 e. The van der Waals surface area contributed by atoms with Gasteiger partial charge in [0.2, 0.25) is 5.91 Å². The van der Waals surface area contributed by atoms with Gasteiger partial charge in [0.25, 0.3) is 5.91 Å². The average molecular weight is 535 g/mol. The van der Waals surface area contributed by atoms with Crippen LogP contribution in [0, 0.1) is 0 Å². The van der Waals surface area contributed by atoms with Crippen molar-refractivity contribution < 1.29 is 14.3 Å². The Bertz CT molecular complexity index is 1270. The fourth-order valence-corrected chi connectivity index (χ4v) is 4.25. The van der Waals surface area contributed by atoms with Crippen LogP contribution in [-0.2, 0) is 4.79 Å². The van der Waals surface area contributed by atoms with Crippen molar-refractivity contribution in [3.63, 3.8) is 0 Å². The Hall–Kier alpha value is -3.88. The summed E-state index contributed by atoms with van der Waals surface area (Å²) in [5.74, 6) is 0.431. The molecule has 37 heavy (non-hydrogen) atoms. The lowest BCUT2D eigenvalue weighted by molar-refractivity contribution is -0.115. The molecule has 0 bridgehead atoms. The molecular formula is C28H27ClN4O3S. The number of amides is 2. The minimum atomic E-state index is -0.328. The van der Waals surface area contributed by atoms with Gasteiger partial charge in [-0.2, -0.15) is 0 Å². The Morgan fingerprint density at radius 3 is 2.19 bits per heavy atom. The predicted molar refractivity (Wildman–Crippen MR) is 152 cm³/mol. The summed E-state index contributed by atoms with van der Waals surface area (Å²) in [7, 11) is 1.61. The van der Waals surface area contributed by atoms with Crippen molar-refractivity contribution in [3.05, 3.63) is 95.0 Å². The molecule has 1 fully saturated rings. The van der Waals surface area contributed by atoms with Crippen LogP contribution in [0.25, 0.3) is 6.08 Å². The van der Waals surface area contributed by atoms with Crippen molar-refractivity contribution >= 4 is 58.2 Å². The van der Waals surface area contributed by atoms with Crippen LogP contribution in [0.2, 0.25) is 5.02 Å². The molecule has 3 aromatic carbocycles. The summed E-state index contributed by atoms with van der Waals surface area (Å²) < 4.78 is 5.16. The first-order chi connectivity index (χ1) is 17.9. The van der Waals surface area contributed by atoms with E-state index >= 15 is 0 Å². The van der Waals surface area contributed by atoms with E-state index in [1.807, 2.05) is 41.3 Å². The van der Waals surface area contributed by atoms with E-state index in [2.05, 4.69) is 15.5 Å². The average Bonchev–Trinajstić information content (AvgIpc) is 2.93. The van der Waals surface area contributed by atoms with Crippen molar-refractivity contribution in [3.8, 4) is 5.75 Å². The lowest BCUT2D eigenvalue weighted by Crippen LogP contribution is -2.48. The number of methoxy groups -OCH3 is 1. The molecule has 1 saturated heterocycles. The van der Waals surface area contributed by atoms with Crippen LogP contribution in [0.1, 0.15) is 15.9 Å². The van der Waals surface area contributed by atoms with Crippen molar-refractivity contribution in [2.45, 2.75) is 0 Å². The summed E-state index contributed by atoms with van der Waals surface area (Å²) in [6.45, 7) is 2.77. The van der Waals surface area contributed by atoms with Gasteiger partial charge in [-0.15, -0.1) is 0 Å². The number of nitrogens with one attached hydrogen (secondary N) is 2. The van der Waals surface area contributed by atoms with Gasteiger partial charge in [-0.3, -0.25) is 14.9 Å². The number of hydrogen-bond acceptors (Lipinski definition) is 5. The van der Waals surface area contributed by atoms with E-state index in [9.17, 15) is 9.59 Å². The molecule has 3 aromatic rings. The van der Waals surface area contributed by atoms with Crippen molar-refractivity contribution in [2.24, 2.45) is 0 Å².